The third-order valence-electron chi connectivity index (χ3n) is 3.94. The molecule has 0 aliphatic carbocycles. The van der Waals surface area contributed by atoms with Crippen LogP contribution in [-0.2, 0) is 0 Å². The maximum Gasteiger partial charge on any atom is 0.147 e. The SMILES string of the molecule is Nc1ccccc1-c1nc2ccccc2n1-c1ccccc1N. The van der Waals surface area contributed by atoms with Crippen molar-refractivity contribution in [1.29, 1.82) is 0 Å². The first-order valence-corrected chi connectivity index (χ1v) is 7.43. The fourth-order valence-corrected chi connectivity index (χ4v) is 2.84. The van der Waals surface area contributed by atoms with Crippen LogP contribution in [0.15, 0.2) is 72.8 Å². The van der Waals surface area contributed by atoms with Crippen molar-refractivity contribution in [3.05, 3.63) is 72.8 Å². The Morgan fingerprint density at radius 1 is 0.696 bits per heavy atom. The molecule has 4 N–H and O–H groups in total. The summed E-state index contributed by atoms with van der Waals surface area (Å²) in [5.74, 6) is 0.794. The van der Waals surface area contributed by atoms with Gasteiger partial charge in [-0.1, -0.05) is 36.4 Å². The molecule has 1 heterocycles. The zero-order valence-electron chi connectivity index (χ0n) is 12.5. The van der Waals surface area contributed by atoms with Gasteiger partial charge >= 0.3 is 0 Å². The van der Waals surface area contributed by atoms with Crippen LogP contribution in [0.1, 0.15) is 0 Å². The van der Waals surface area contributed by atoms with Crippen molar-refractivity contribution in [3.8, 4) is 17.1 Å². The quantitative estimate of drug-likeness (QED) is 0.552. The number of benzene rings is 3. The van der Waals surface area contributed by atoms with E-state index >= 15 is 0 Å². The Kier molecular flexibility index (Phi) is 3.01. The highest BCUT2D eigenvalue weighted by Crippen LogP contribution is 2.33. The third-order valence-corrected chi connectivity index (χ3v) is 3.94. The van der Waals surface area contributed by atoms with Crippen molar-refractivity contribution < 1.29 is 0 Å². The highest BCUT2D eigenvalue weighted by atomic mass is 15.1. The number of imidazole rings is 1. The van der Waals surface area contributed by atoms with Crippen molar-refractivity contribution >= 4 is 22.4 Å². The van der Waals surface area contributed by atoms with Crippen molar-refractivity contribution in [1.82, 2.24) is 9.55 Å². The van der Waals surface area contributed by atoms with E-state index in [0.29, 0.717) is 11.4 Å². The fraction of sp³-hybridized carbons (Fsp3) is 0. The lowest BCUT2D eigenvalue weighted by atomic mass is 10.1. The lowest BCUT2D eigenvalue weighted by Gasteiger charge is -2.13. The molecule has 0 fully saturated rings. The molecule has 0 saturated carbocycles. The average molecular weight is 300 g/mol. The van der Waals surface area contributed by atoms with Gasteiger partial charge in [0.05, 0.1) is 22.4 Å². The van der Waals surface area contributed by atoms with E-state index in [1.54, 1.807) is 0 Å². The Morgan fingerprint density at radius 2 is 1.35 bits per heavy atom. The lowest BCUT2D eigenvalue weighted by Crippen LogP contribution is -2.03. The predicted octanol–water partition coefficient (Wildman–Crippen LogP) is 3.86. The third kappa shape index (κ3) is 2.12. The van der Waals surface area contributed by atoms with Gasteiger partial charge in [-0.2, -0.15) is 0 Å². The monoisotopic (exact) mass is 300 g/mol. The second kappa shape index (κ2) is 5.18. The first-order valence-electron chi connectivity index (χ1n) is 7.43. The summed E-state index contributed by atoms with van der Waals surface area (Å²) in [6.07, 6.45) is 0. The summed E-state index contributed by atoms with van der Waals surface area (Å²) in [6.45, 7) is 0. The number of hydrogen-bond acceptors (Lipinski definition) is 3. The number of hydrogen-bond donors (Lipinski definition) is 2. The number of nitrogens with zero attached hydrogens (tertiary/aromatic N) is 2. The van der Waals surface area contributed by atoms with E-state index < -0.39 is 0 Å². The molecule has 0 amide bonds. The number of fused-ring (bicyclic) bond motifs is 1. The van der Waals surface area contributed by atoms with Gasteiger partial charge in [0.1, 0.15) is 5.82 Å². The molecule has 0 saturated heterocycles. The molecule has 0 radical (unpaired) electrons. The Bertz CT molecular complexity index is 1000. The molecule has 4 aromatic rings. The highest BCUT2D eigenvalue weighted by molar-refractivity contribution is 5.87. The van der Waals surface area contributed by atoms with E-state index in [2.05, 4.69) is 4.57 Å². The second-order valence-electron chi connectivity index (χ2n) is 5.41. The summed E-state index contributed by atoms with van der Waals surface area (Å²) in [7, 11) is 0. The summed E-state index contributed by atoms with van der Waals surface area (Å²) < 4.78 is 2.07. The lowest BCUT2D eigenvalue weighted by molar-refractivity contribution is 1.11. The van der Waals surface area contributed by atoms with Crippen molar-refractivity contribution in [2.75, 3.05) is 11.5 Å². The molecule has 4 nitrogen and oxygen atoms in total. The van der Waals surface area contributed by atoms with Crippen LogP contribution in [0.25, 0.3) is 28.1 Å². The zero-order valence-corrected chi connectivity index (χ0v) is 12.5. The highest BCUT2D eigenvalue weighted by Gasteiger charge is 2.16. The van der Waals surface area contributed by atoms with Crippen LogP contribution in [0.5, 0.6) is 0 Å². The summed E-state index contributed by atoms with van der Waals surface area (Å²) in [6, 6.07) is 23.5. The molecule has 0 aliphatic heterocycles. The minimum Gasteiger partial charge on any atom is -0.398 e. The first-order chi connectivity index (χ1) is 11.3. The van der Waals surface area contributed by atoms with E-state index in [4.69, 9.17) is 16.5 Å². The summed E-state index contributed by atoms with van der Waals surface area (Å²) in [5.41, 5.74) is 17.5. The van der Waals surface area contributed by atoms with Crippen LogP contribution < -0.4 is 11.5 Å². The van der Waals surface area contributed by atoms with Crippen LogP contribution in [0.3, 0.4) is 0 Å². The van der Waals surface area contributed by atoms with Gasteiger partial charge < -0.3 is 11.5 Å². The van der Waals surface area contributed by atoms with Gasteiger partial charge in [-0.15, -0.1) is 0 Å². The van der Waals surface area contributed by atoms with Gasteiger partial charge in [-0.3, -0.25) is 4.57 Å². The molecule has 0 aliphatic rings. The Labute approximate surface area is 134 Å². The number of anilines is 2. The molecule has 0 bridgehead atoms. The van der Waals surface area contributed by atoms with Gasteiger partial charge in [0, 0.05) is 11.3 Å². The number of nitrogen functional groups attached to an aromatic ring is 2. The minimum absolute atomic E-state index is 0.693. The topological polar surface area (TPSA) is 69.9 Å². The minimum atomic E-state index is 0.693. The van der Waals surface area contributed by atoms with E-state index in [-0.39, 0.29) is 0 Å². The maximum atomic E-state index is 6.21. The number of aromatic nitrogens is 2. The molecular formula is C19H16N4. The Hall–Kier alpha value is -3.27. The van der Waals surface area contributed by atoms with E-state index in [9.17, 15) is 0 Å². The van der Waals surface area contributed by atoms with Crippen LogP contribution in [0, 0.1) is 0 Å². The van der Waals surface area contributed by atoms with E-state index in [1.807, 2.05) is 72.8 Å². The average Bonchev–Trinajstić information content (AvgIpc) is 2.95. The molecular weight excluding hydrogens is 284 g/mol. The maximum absolute atomic E-state index is 6.21. The van der Waals surface area contributed by atoms with E-state index in [0.717, 1.165) is 28.1 Å². The van der Waals surface area contributed by atoms with Gasteiger partial charge in [-0.05, 0) is 36.4 Å². The van der Waals surface area contributed by atoms with Gasteiger partial charge in [0.2, 0.25) is 0 Å². The van der Waals surface area contributed by atoms with Crippen LogP contribution in [0.2, 0.25) is 0 Å². The standard InChI is InChI=1S/C19H16N4/c20-14-8-2-1-7-13(14)19-22-16-10-4-6-12-18(16)23(19)17-11-5-3-9-15(17)21/h1-12H,20-21H2. The molecule has 0 spiro atoms. The van der Waals surface area contributed by atoms with Gasteiger partial charge in [-0.25, -0.2) is 4.98 Å². The Morgan fingerprint density at radius 3 is 2.13 bits per heavy atom. The van der Waals surface area contributed by atoms with E-state index in [1.165, 1.54) is 0 Å². The van der Waals surface area contributed by atoms with Crippen molar-refractivity contribution in [3.63, 3.8) is 0 Å². The number of rotatable bonds is 2. The molecule has 4 heteroatoms. The molecule has 112 valence electrons. The number of nitrogens with two attached hydrogens (primary N) is 2. The molecule has 3 aromatic carbocycles. The molecule has 0 unspecified atom stereocenters. The van der Waals surface area contributed by atoms with Crippen LogP contribution in [-0.4, -0.2) is 9.55 Å². The smallest absolute Gasteiger partial charge is 0.147 e. The molecule has 4 rings (SSSR count). The first kappa shape index (κ1) is 13.4. The second-order valence-corrected chi connectivity index (χ2v) is 5.41. The largest absolute Gasteiger partial charge is 0.398 e. The van der Waals surface area contributed by atoms with Gasteiger partial charge in [0.25, 0.3) is 0 Å². The normalized spacial score (nSPS) is 11.0. The number of para-hydroxylation sites is 5. The summed E-state index contributed by atoms with van der Waals surface area (Å²) >= 11 is 0. The van der Waals surface area contributed by atoms with Crippen molar-refractivity contribution in [2.24, 2.45) is 0 Å². The van der Waals surface area contributed by atoms with Crippen LogP contribution in [0.4, 0.5) is 11.4 Å². The summed E-state index contributed by atoms with van der Waals surface area (Å²) in [4.78, 5) is 4.79. The van der Waals surface area contributed by atoms with Crippen LogP contribution >= 0.6 is 0 Å². The Balaban J connectivity index is 2.12. The molecule has 0 atom stereocenters. The predicted molar refractivity (Wildman–Crippen MR) is 95.3 cm³/mol. The fourth-order valence-electron chi connectivity index (χ4n) is 2.84. The van der Waals surface area contributed by atoms with Crippen molar-refractivity contribution in [2.45, 2.75) is 0 Å². The molecule has 23 heavy (non-hydrogen) atoms. The van der Waals surface area contributed by atoms with Gasteiger partial charge in [0.15, 0.2) is 0 Å². The zero-order chi connectivity index (χ0) is 15.8. The molecule has 1 aromatic heterocycles. The summed E-state index contributed by atoms with van der Waals surface area (Å²) in [5, 5.41) is 0.